The topological polar surface area (TPSA) is 58.6 Å². The van der Waals surface area contributed by atoms with Crippen LogP contribution in [0, 0.1) is 0 Å². The van der Waals surface area contributed by atoms with Crippen LogP contribution in [0.5, 0.6) is 11.5 Å². The predicted molar refractivity (Wildman–Crippen MR) is 48.6 cm³/mol. The summed E-state index contributed by atoms with van der Waals surface area (Å²) < 4.78 is 33.1. The molecule has 0 amide bonds. The predicted octanol–water partition coefficient (Wildman–Crippen LogP) is 1.05. The molecule has 6 heteroatoms. The Bertz CT molecular complexity index is 379. The van der Waals surface area contributed by atoms with Crippen molar-refractivity contribution >= 4 is 5.97 Å². The lowest BCUT2D eigenvalue weighted by atomic mass is 10.2. The van der Waals surface area contributed by atoms with Gasteiger partial charge in [0.25, 0.3) is 0 Å². The Hall–Kier alpha value is -1.85. The first-order valence-corrected chi connectivity index (χ1v) is 4.47. The SMILES string of the molecule is CCOc1cc(C(=O)[O-])ccc1OC(F)F. The van der Waals surface area contributed by atoms with Crippen LogP contribution < -0.4 is 14.6 Å². The number of ether oxygens (including phenoxy) is 2. The summed E-state index contributed by atoms with van der Waals surface area (Å²) in [6, 6.07) is 3.29. The maximum atomic E-state index is 12.0. The lowest BCUT2D eigenvalue weighted by molar-refractivity contribution is -0.255. The standard InChI is InChI=1S/C10H10F2O4/c1-2-15-8-5-6(9(13)14)3-4-7(8)16-10(11)12/h3-5,10H,2H2,1H3,(H,13,14)/p-1. The molecule has 0 fully saturated rings. The van der Waals surface area contributed by atoms with Gasteiger partial charge in [0.15, 0.2) is 11.5 Å². The molecule has 0 heterocycles. The second kappa shape index (κ2) is 5.29. The van der Waals surface area contributed by atoms with Crippen molar-refractivity contribution in [2.75, 3.05) is 6.61 Å². The normalized spacial score (nSPS) is 10.2. The first-order valence-electron chi connectivity index (χ1n) is 4.47. The molecule has 1 aromatic carbocycles. The maximum absolute atomic E-state index is 12.0. The van der Waals surface area contributed by atoms with Gasteiger partial charge in [-0.1, -0.05) is 0 Å². The third kappa shape index (κ3) is 3.08. The van der Waals surface area contributed by atoms with Gasteiger partial charge in [-0.3, -0.25) is 0 Å². The molecule has 0 aromatic heterocycles. The Kier molecular flexibility index (Phi) is 4.04. The van der Waals surface area contributed by atoms with E-state index in [-0.39, 0.29) is 23.7 Å². The molecule has 0 aliphatic heterocycles. The Labute approximate surface area is 90.4 Å². The molecule has 1 aromatic rings. The number of halogens is 2. The number of carbonyl (C=O) groups is 1. The zero-order valence-corrected chi connectivity index (χ0v) is 8.41. The molecule has 1 rings (SSSR count). The van der Waals surface area contributed by atoms with Crippen LogP contribution in [0.4, 0.5) is 8.78 Å². The van der Waals surface area contributed by atoms with Crippen molar-refractivity contribution in [3.63, 3.8) is 0 Å². The van der Waals surface area contributed by atoms with E-state index in [2.05, 4.69) is 4.74 Å². The monoisotopic (exact) mass is 231 g/mol. The summed E-state index contributed by atoms with van der Waals surface area (Å²) in [7, 11) is 0. The number of aromatic carboxylic acids is 1. The molecule has 4 nitrogen and oxygen atoms in total. The second-order valence-corrected chi connectivity index (χ2v) is 2.76. The van der Waals surface area contributed by atoms with Crippen molar-refractivity contribution in [2.24, 2.45) is 0 Å². The highest BCUT2D eigenvalue weighted by molar-refractivity contribution is 5.86. The fraction of sp³-hybridized carbons (Fsp3) is 0.300. The third-order valence-electron chi connectivity index (χ3n) is 1.70. The van der Waals surface area contributed by atoms with Gasteiger partial charge in [0.2, 0.25) is 0 Å². The Morgan fingerprint density at radius 1 is 1.44 bits per heavy atom. The van der Waals surface area contributed by atoms with E-state index in [0.29, 0.717) is 0 Å². The van der Waals surface area contributed by atoms with Gasteiger partial charge in [-0.15, -0.1) is 0 Å². The molecule has 0 aliphatic carbocycles. The summed E-state index contributed by atoms with van der Waals surface area (Å²) in [6.07, 6.45) is 0. The van der Waals surface area contributed by atoms with E-state index in [4.69, 9.17) is 4.74 Å². The van der Waals surface area contributed by atoms with Gasteiger partial charge >= 0.3 is 6.61 Å². The smallest absolute Gasteiger partial charge is 0.387 e. The Morgan fingerprint density at radius 2 is 2.12 bits per heavy atom. The second-order valence-electron chi connectivity index (χ2n) is 2.76. The van der Waals surface area contributed by atoms with Crippen molar-refractivity contribution in [1.82, 2.24) is 0 Å². The number of hydrogen-bond acceptors (Lipinski definition) is 4. The van der Waals surface area contributed by atoms with E-state index in [1.807, 2.05) is 0 Å². The molecule has 0 bridgehead atoms. The highest BCUT2D eigenvalue weighted by atomic mass is 19.3. The first kappa shape index (κ1) is 12.2. The summed E-state index contributed by atoms with van der Waals surface area (Å²) in [6.45, 7) is -1.15. The summed E-state index contributed by atoms with van der Waals surface area (Å²) in [4.78, 5) is 10.5. The minimum atomic E-state index is -2.99. The number of rotatable bonds is 5. The molecule has 0 N–H and O–H groups in total. The molecule has 0 spiro atoms. The third-order valence-corrected chi connectivity index (χ3v) is 1.70. The summed E-state index contributed by atoms with van der Waals surface area (Å²) in [5.74, 6) is -1.67. The summed E-state index contributed by atoms with van der Waals surface area (Å²) in [5, 5.41) is 10.5. The Balaban J connectivity index is 3.03. The van der Waals surface area contributed by atoms with Crippen molar-refractivity contribution < 1.29 is 28.2 Å². The number of alkyl halides is 2. The lowest BCUT2D eigenvalue weighted by Gasteiger charge is -2.12. The average molecular weight is 231 g/mol. The molecule has 0 unspecified atom stereocenters. The number of benzene rings is 1. The molecular formula is C10H9F2O4-. The van der Waals surface area contributed by atoms with Crippen molar-refractivity contribution in [1.29, 1.82) is 0 Å². The number of carbonyl (C=O) groups excluding carboxylic acids is 1. The lowest BCUT2D eigenvalue weighted by Crippen LogP contribution is -2.22. The molecule has 88 valence electrons. The van der Waals surface area contributed by atoms with Crippen LogP contribution in [0.2, 0.25) is 0 Å². The number of carboxylic acid groups (broad SMARTS) is 1. The van der Waals surface area contributed by atoms with Crippen LogP contribution in [-0.2, 0) is 0 Å². The molecule has 0 radical (unpaired) electrons. The van der Waals surface area contributed by atoms with Gasteiger partial charge in [-0.05, 0) is 25.1 Å². The van der Waals surface area contributed by atoms with Crippen molar-refractivity contribution in [3.8, 4) is 11.5 Å². The van der Waals surface area contributed by atoms with Gasteiger partial charge < -0.3 is 19.4 Å². The summed E-state index contributed by atoms with van der Waals surface area (Å²) in [5.41, 5.74) is -0.162. The number of carboxylic acids is 1. The average Bonchev–Trinajstić information content (AvgIpc) is 2.20. The zero-order valence-electron chi connectivity index (χ0n) is 8.41. The van der Waals surface area contributed by atoms with Crippen LogP contribution in [0.1, 0.15) is 17.3 Å². The molecule has 0 atom stereocenters. The van der Waals surface area contributed by atoms with Crippen LogP contribution in [-0.4, -0.2) is 19.2 Å². The Morgan fingerprint density at radius 3 is 2.62 bits per heavy atom. The van der Waals surface area contributed by atoms with E-state index in [1.54, 1.807) is 6.92 Å². The number of hydrogen-bond donors (Lipinski definition) is 0. The first-order chi connectivity index (χ1) is 7.54. The highest BCUT2D eigenvalue weighted by Crippen LogP contribution is 2.29. The fourth-order valence-corrected chi connectivity index (χ4v) is 1.10. The minimum absolute atomic E-state index is 0.0514. The van der Waals surface area contributed by atoms with Gasteiger partial charge in [-0.25, -0.2) is 0 Å². The highest BCUT2D eigenvalue weighted by Gasteiger charge is 2.11. The summed E-state index contributed by atoms with van der Waals surface area (Å²) >= 11 is 0. The molecule has 0 aliphatic rings. The van der Waals surface area contributed by atoms with Crippen LogP contribution >= 0.6 is 0 Å². The molecular weight excluding hydrogens is 222 g/mol. The largest absolute Gasteiger partial charge is 0.545 e. The van der Waals surface area contributed by atoms with E-state index in [0.717, 1.165) is 18.2 Å². The van der Waals surface area contributed by atoms with Crippen molar-refractivity contribution in [3.05, 3.63) is 23.8 Å². The van der Waals surface area contributed by atoms with Crippen molar-refractivity contribution in [2.45, 2.75) is 13.5 Å². The molecule has 16 heavy (non-hydrogen) atoms. The fourth-order valence-electron chi connectivity index (χ4n) is 1.10. The van der Waals surface area contributed by atoms with Gasteiger partial charge in [0.05, 0.1) is 12.6 Å². The molecule has 0 saturated heterocycles. The minimum Gasteiger partial charge on any atom is -0.545 e. The van der Waals surface area contributed by atoms with Gasteiger partial charge in [-0.2, -0.15) is 8.78 Å². The van der Waals surface area contributed by atoms with E-state index < -0.39 is 12.6 Å². The van der Waals surface area contributed by atoms with Crippen LogP contribution in [0.25, 0.3) is 0 Å². The van der Waals surface area contributed by atoms with Crippen LogP contribution in [0.3, 0.4) is 0 Å². The van der Waals surface area contributed by atoms with Gasteiger partial charge in [0.1, 0.15) is 0 Å². The zero-order chi connectivity index (χ0) is 12.1. The maximum Gasteiger partial charge on any atom is 0.387 e. The van der Waals surface area contributed by atoms with E-state index in [1.165, 1.54) is 0 Å². The van der Waals surface area contributed by atoms with E-state index in [9.17, 15) is 18.7 Å². The van der Waals surface area contributed by atoms with E-state index >= 15 is 0 Å². The molecule has 0 saturated carbocycles. The van der Waals surface area contributed by atoms with Crippen LogP contribution in [0.15, 0.2) is 18.2 Å². The van der Waals surface area contributed by atoms with Gasteiger partial charge in [0, 0.05) is 5.56 Å². The quantitative estimate of drug-likeness (QED) is 0.760.